The second kappa shape index (κ2) is 16.1. The molecule has 4 heteroatoms. The Bertz CT molecular complexity index is 367. The molecule has 2 N–H and O–H groups in total. The van der Waals surface area contributed by atoms with E-state index in [9.17, 15) is 14.7 Å². The molecule has 0 aromatic heterocycles. The van der Waals surface area contributed by atoms with Crippen molar-refractivity contribution in [2.24, 2.45) is 5.41 Å². The number of hydrogen-bond acceptors (Lipinski definition) is 2. The number of aliphatic carboxylic acids is 2. The van der Waals surface area contributed by atoms with Gasteiger partial charge in [0.2, 0.25) is 0 Å². The minimum Gasteiger partial charge on any atom is -0.481 e. The molecule has 0 radical (unpaired) electrons. The van der Waals surface area contributed by atoms with E-state index in [0.717, 1.165) is 77.0 Å². The van der Waals surface area contributed by atoms with Gasteiger partial charge >= 0.3 is 11.9 Å². The van der Waals surface area contributed by atoms with Crippen LogP contribution in [0, 0.1) is 5.41 Å². The predicted molar refractivity (Wildman–Crippen MR) is 108 cm³/mol. The Kier molecular flexibility index (Phi) is 15.5. The van der Waals surface area contributed by atoms with Gasteiger partial charge in [-0.1, -0.05) is 90.9 Å². The average molecular weight is 371 g/mol. The van der Waals surface area contributed by atoms with Crippen LogP contribution in [-0.4, -0.2) is 22.2 Å². The van der Waals surface area contributed by atoms with E-state index in [1.165, 1.54) is 25.7 Å². The highest BCUT2D eigenvalue weighted by Crippen LogP contribution is 2.37. The summed E-state index contributed by atoms with van der Waals surface area (Å²) in [6.45, 7) is 4.34. The SMILES string of the molecule is CCCCCCCCC(CCCC)(CCCCCCCC(=O)O)C(=O)O. The first kappa shape index (κ1) is 24.9. The summed E-state index contributed by atoms with van der Waals surface area (Å²) in [5.41, 5.74) is -0.540. The van der Waals surface area contributed by atoms with E-state index in [4.69, 9.17) is 5.11 Å². The van der Waals surface area contributed by atoms with Crippen molar-refractivity contribution in [3.05, 3.63) is 0 Å². The highest BCUT2D eigenvalue weighted by atomic mass is 16.4. The van der Waals surface area contributed by atoms with Gasteiger partial charge < -0.3 is 10.2 Å². The minimum atomic E-state index is -0.728. The largest absolute Gasteiger partial charge is 0.481 e. The Hall–Kier alpha value is -1.06. The molecule has 0 rings (SSSR count). The van der Waals surface area contributed by atoms with Crippen LogP contribution in [0.4, 0.5) is 0 Å². The highest BCUT2D eigenvalue weighted by molar-refractivity contribution is 5.74. The monoisotopic (exact) mass is 370 g/mol. The molecule has 0 amide bonds. The molecule has 0 heterocycles. The van der Waals surface area contributed by atoms with Gasteiger partial charge in [0.1, 0.15) is 0 Å². The number of unbranched alkanes of at least 4 members (excludes halogenated alkanes) is 10. The molecule has 4 nitrogen and oxygen atoms in total. The van der Waals surface area contributed by atoms with Crippen LogP contribution in [0.1, 0.15) is 123 Å². The Morgan fingerprint density at radius 2 is 1.04 bits per heavy atom. The van der Waals surface area contributed by atoms with Crippen molar-refractivity contribution in [3.8, 4) is 0 Å². The normalized spacial score (nSPS) is 13.5. The topological polar surface area (TPSA) is 74.6 Å². The third kappa shape index (κ3) is 12.3. The van der Waals surface area contributed by atoms with Crippen LogP contribution in [0.3, 0.4) is 0 Å². The molecule has 0 saturated heterocycles. The van der Waals surface area contributed by atoms with E-state index < -0.39 is 17.4 Å². The second-order valence-corrected chi connectivity index (χ2v) is 7.87. The third-order valence-corrected chi connectivity index (χ3v) is 5.52. The van der Waals surface area contributed by atoms with E-state index in [2.05, 4.69) is 13.8 Å². The van der Waals surface area contributed by atoms with Gasteiger partial charge in [0.25, 0.3) is 0 Å². The quantitative estimate of drug-likeness (QED) is 0.245. The van der Waals surface area contributed by atoms with E-state index in [0.29, 0.717) is 0 Å². The molecule has 154 valence electrons. The van der Waals surface area contributed by atoms with Gasteiger partial charge in [0.15, 0.2) is 0 Å². The summed E-state index contributed by atoms with van der Waals surface area (Å²) in [5, 5.41) is 18.6. The molecule has 0 aliphatic carbocycles. The zero-order valence-electron chi connectivity index (χ0n) is 17.2. The van der Waals surface area contributed by atoms with E-state index in [1.54, 1.807) is 0 Å². The number of carboxylic acid groups (broad SMARTS) is 2. The van der Waals surface area contributed by atoms with Crippen molar-refractivity contribution in [2.45, 2.75) is 123 Å². The number of carboxylic acids is 2. The molecule has 0 spiro atoms. The smallest absolute Gasteiger partial charge is 0.309 e. The zero-order valence-corrected chi connectivity index (χ0v) is 17.2. The summed E-state index contributed by atoms with van der Waals surface area (Å²) in [6, 6.07) is 0. The minimum absolute atomic E-state index is 0.244. The average Bonchev–Trinajstić information content (AvgIpc) is 2.60. The van der Waals surface area contributed by atoms with Gasteiger partial charge in [-0.05, 0) is 25.7 Å². The van der Waals surface area contributed by atoms with Crippen molar-refractivity contribution in [3.63, 3.8) is 0 Å². The molecule has 26 heavy (non-hydrogen) atoms. The van der Waals surface area contributed by atoms with Crippen LogP contribution < -0.4 is 0 Å². The Morgan fingerprint density at radius 1 is 0.615 bits per heavy atom. The molecule has 0 aromatic carbocycles. The summed E-state index contributed by atoms with van der Waals surface area (Å²) in [4.78, 5) is 22.6. The van der Waals surface area contributed by atoms with Gasteiger partial charge in [0.05, 0.1) is 5.41 Å². The third-order valence-electron chi connectivity index (χ3n) is 5.52. The molecule has 0 saturated carbocycles. The molecular formula is C22H42O4. The van der Waals surface area contributed by atoms with Gasteiger partial charge in [0, 0.05) is 6.42 Å². The van der Waals surface area contributed by atoms with Gasteiger partial charge in [-0.2, -0.15) is 0 Å². The maximum Gasteiger partial charge on any atom is 0.309 e. The van der Waals surface area contributed by atoms with Crippen LogP contribution in [0.25, 0.3) is 0 Å². The molecule has 0 aromatic rings. The fourth-order valence-corrected chi connectivity index (χ4v) is 3.72. The first-order valence-electron chi connectivity index (χ1n) is 10.9. The standard InChI is InChI=1S/C22H42O4/c1-3-5-7-8-11-14-18-22(21(25)26,17-6-4-2)19-15-12-9-10-13-16-20(23)24/h3-19H2,1-2H3,(H,23,24)(H,25,26). The summed E-state index contributed by atoms with van der Waals surface area (Å²) < 4.78 is 0. The number of carbonyl (C=O) groups is 2. The summed E-state index contributed by atoms with van der Waals surface area (Å²) >= 11 is 0. The van der Waals surface area contributed by atoms with E-state index in [-0.39, 0.29) is 6.42 Å². The maximum atomic E-state index is 12.1. The lowest BCUT2D eigenvalue weighted by atomic mass is 9.74. The lowest BCUT2D eigenvalue weighted by molar-refractivity contribution is -0.151. The fraction of sp³-hybridized carbons (Fsp3) is 0.909. The Balaban J connectivity index is 4.30. The van der Waals surface area contributed by atoms with Crippen molar-refractivity contribution < 1.29 is 19.8 Å². The van der Waals surface area contributed by atoms with Crippen molar-refractivity contribution in [1.82, 2.24) is 0 Å². The van der Waals surface area contributed by atoms with Gasteiger partial charge in [-0.15, -0.1) is 0 Å². The molecular weight excluding hydrogens is 328 g/mol. The lowest BCUT2D eigenvalue weighted by Crippen LogP contribution is -2.31. The van der Waals surface area contributed by atoms with Gasteiger partial charge in [-0.25, -0.2) is 0 Å². The first-order valence-corrected chi connectivity index (χ1v) is 10.9. The van der Waals surface area contributed by atoms with Crippen LogP contribution in [0.5, 0.6) is 0 Å². The van der Waals surface area contributed by atoms with Crippen molar-refractivity contribution in [1.29, 1.82) is 0 Å². The van der Waals surface area contributed by atoms with Crippen LogP contribution in [0.2, 0.25) is 0 Å². The van der Waals surface area contributed by atoms with Crippen molar-refractivity contribution in [2.75, 3.05) is 0 Å². The van der Waals surface area contributed by atoms with Crippen LogP contribution in [0.15, 0.2) is 0 Å². The summed E-state index contributed by atoms with van der Waals surface area (Å²) in [6.07, 6.45) is 16.5. The van der Waals surface area contributed by atoms with E-state index >= 15 is 0 Å². The molecule has 1 atom stereocenters. The molecule has 1 unspecified atom stereocenters. The van der Waals surface area contributed by atoms with Crippen LogP contribution >= 0.6 is 0 Å². The highest BCUT2D eigenvalue weighted by Gasteiger charge is 2.36. The maximum absolute atomic E-state index is 12.1. The van der Waals surface area contributed by atoms with Crippen LogP contribution in [-0.2, 0) is 9.59 Å². The molecule has 0 fully saturated rings. The summed E-state index contributed by atoms with van der Waals surface area (Å²) in [7, 11) is 0. The Morgan fingerprint density at radius 3 is 1.50 bits per heavy atom. The number of rotatable bonds is 19. The molecule has 0 aliphatic heterocycles. The predicted octanol–water partition coefficient (Wildman–Crippen LogP) is 6.81. The first-order chi connectivity index (χ1) is 12.5. The lowest BCUT2D eigenvalue weighted by Gasteiger charge is -2.30. The molecule has 0 aliphatic rings. The Labute approximate surface area is 160 Å². The van der Waals surface area contributed by atoms with E-state index in [1.807, 2.05) is 0 Å². The summed E-state index contributed by atoms with van der Waals surface area (Å²) in [5.74, 6) is -1.33. The fourth-order valence-electron chi connectivity index (χ4n) is 3.72. The molecule has 0 bridgehead atoms. The zero-order chi connectivity index (χ0) is 19.7. The second-order valence-electron chi connectivity index (χ2n) is 7.87. The number of hydrogen-bond donors (Lipinski definition) is 2. The van der Waals surface area contributed by atoms with Crippen molar-refractivity contribution >= 4 is 11.9 Å². The van der Waals surface area contributed by atoms with Gasteiger partial charge in [-0.3, -0.25) is 9.59 Å².